The van der Waals surface area contributed by atoms with E-state index in [0.29, 0.717) is 16.1 Å². The third kappa shape index (κ3) is 2.29. The first-order valence-corrected chi connectivity index (χ1v) is 6.20. The highest BCUT2D eigenvalue weighted by Gasteiger charge is 2.23. The zero-order chi connectivity index (χ0) is 13.4. The van der Waals surface area contributed by atoms with Crippen LogP contribution in [0.1, 0.15) is 11.1 Å². The third-order valence-corrected chi connectivity index (χ3v) is 3.22. The van der Waals surface area contributed by atoms with Crippen molar-refractivity contribution >= 4 is 48.2 Å². The zero-order valence-corrected chi connectivity index (χ0v) is 10.7. The fraction of sp³-hybridized carbons (Fsp3) is 0. The maximum atomic E-state index is 12.0. The number of hydrogen-bond donors (Lipinski definition) is 1. The molecule has 90 valence electrons. The number of benzene rings is 2. The predicted octanol–water partition coefficient (Wildman–Crippen LogP) is 2.63. The van der Waals surface area contributed by atoms with E-state index in [1.54, 1.807) is 18.2 Å². The molecule has 1 amide bonds. The van der Waals surface area contributed by atoms with Crippen molar-refractivity contribution in [3.8, 4) is 0 Å². The van der Waals surface area contributed by atoms with Crippen molar-refractivity contribution in [1.29, 1.82) is 0 Å². The number of anilines is 1. The molecule has 0 saturated heterocycles. The van der Waals surface area contributed by atoms with Gasteiger partial charge in [-0.25, -0.2) is 0 Å². The smallest absolute Gasteiger partial charge is 0.256 e. The second-order valence-corrected chi connectivity index (χ2v) is 4.81. The molecule has 3 rings (SSSR count). The van der Waals surface area contributed by atoms with E-state index in [0.717, 1.165) is 16.8 Å². The Morgan fingerprint density at radius 1 is 1.16 bits per heavy atom. The van der Waals surface area contributed by atoms with Crippen LogP contribution in [0.15, 0.2) is 42.5 Å². The highest BCUT2D eigenvalue weighted by molar-refractivity contribution is 6.37. The Morgan fingerprint density at radius 3 is 2.79 bits per heavy atom. The van der Waals surface area contributed by atoms with E-state index in [1.807, 2.05) is 30.3 Å². The van der Waals surface area contributed by atoms with Crippen molar-refractivity contribution in [3.63, 3.8) is 0 Å². The minimum atomic E-state index is -0.124. The van der Waals surface area contributed by atoms with Crippen LogP contribution in [-0.4, -0.2) is 13.8 Å². The number of nitrogens with one attached hydrogen (secondary N) is 1. The molecule has 0 bridgehead atoms. The summed E-state index contributed by atoms with van der Waals surface area (Å²) in [7, 11) is 5.71. The molecule has 0 aliphatic carbocycles. The Morgan fingerprint density at radius 2 is 2.00 bits per heavy atom. The van der Waals surface area contributed by atoms with Crippen LogP contribution in [-0.2, 0) is 4.79 Å². The molecule has 2 aromatic rings. The van der Waals surface area contributed by atoms with Crippen molar-refractivity contribution in [1.82, 2.24) is 0 Å². The Bertz CT molecular complexity index is 709. The minimum absolute atomic E-state index is 0.124. The topological polar surface area (TPSA) is 29.1 Å². The normalized spacial score (nSPS) is 15.4. The molecule has 2 aromatic carbocycles. The molecule has 1 heterocycles. The largest absolute Gasteiger partial charge is 0.321 e. The van der Waals surface area contributed by atoms with Crippen LogP contribution in [0.4, 0.5) is 5.69 Å². The molecule has 0 spiro atoms. The number of hydrogen-bond acceptors (Lipinski definition) is 1. The van der Waals surface area contributed by atoms with Gasteiger partial charge in [0.15, 0.2) is 0 Å². The molecule has 2 nitrogen and oxygen atoms in total. The van der Waals surface area contributed by atoms with E-state index in [1.165, 1.54) is 0 Å². The lowest BCUT2D eigenvalue weighted by Crippen LogP contribution is -2.05. The van der Waals surface area contributed by atoms with Crippen molar-refractivity contribution < 1.29 is 4.79 Å². The molecule has 0 saturated carbocycles. The average molecular weight is 266 g/mol. The Balaban J connectivity index is 2.09. The highest BCUT2D eigenvalue weighted by atomic mass is 35.5. The number of carbonyl (C=O) groups excluding carboxylic acids is 1. The maximum absolute atomic E-state index is 12.0. The molecule has 1 N–H and O–H groups in total. The van der Waals surface area contributed by atoms with Gasteiger partial charge in [0.25, 0.3) is 5.91 Å². The van der Waals surface area contributed by atoms with Crippen molar-refractivity contribution in [2.75, 3.05) is 5.32 Å². The molecular weight excluding hydrogens is 256 g/mol. The second kappa shape index (κ2) is 4.59. The van der Waals surface area contributed by atoms with E-state index in [-0.39, 0.29) is 5.91 Å². The summed E-state index contributed by atoms with van der Waals surface area (Å²) in [6.45, 7) is 0. The number of amides is 1. The van der Waals surface area contributed by atoms with E-state index in [9.17, 15) is 4.79 Å². The highest BCUT2D eigenvalue weighted by Crippen LogP contribution is 2.32. The molecule has 2 radical (unpaired) electrons. The van der Waals surface area contributed by atoms with Gasteiger partial charge in [-0.3, -0.25) is 4.79 Å². The summed E-state index contributed by atoms with van der Waals surface area (Å²) in [6, 6.07) is 12.8. The summed E-state index contributed by atoms with van der Waals surface area (Å²) in [5, 5.41) is 3.45. The molecule has 4 heteroatoms. The zero-order valence-electron chi connectivity index (χ0n) is 9.98. The molecule has 1 aliphatic heterocycles. The van der Waals surface area contributed by atoms with E-state index in [2.05, 4.69) is 5.32 Å². The van der Waals surface area contributed by atoms with Crippen LogP contribution in [0.2, 0.25) is 5.02 Å². The van der Waals surface area contributed by atoms with Crippen LogP contribution in [0.25, 0.3) is 11.6 Å². The Kier molecular flexibility index (Phi) is 2.92. The van der Waals surface area contributed by atoms with Crippen LogP contribution in [0.3, 0.4) is 0 Å². The SMILES string of the molecule is [B]c1ccc2c(c1)NC(=O)C2=Cc1cccc(Cl)c1. The van der Waals surface area contributed by atoms with Crippen LogP contribution >= 0.6 is 11.6 Å². The first kappa shape index (κ1) is 12.1. The van der Waals surface area contributed by atoms with Gasteiger partial charge in [0, 0.05) is 21.8 Å². The molecule has 0 aromatic heterocycles. The van der Waals surface area contributed by atoms with Gasteiger partial charge >= 0.3 is 0 Å². The Hall–Kier alpha value is -2.00. The van der Waals surface area contributed by atoms with Gasteiger partial charge < -0.3 is 5.32 Å². The fourth-order valence-electron chi connectivity index (χ4n) is 2.12. The van der Waals surface area contributed by atoms with Crippen LogP contribution < -0.4 is 10.8 Å². The van der Waals surface area contributed by atoms with Crippen molar-refractivity contribution in [3.05, 3.63) is 58.6 Å². The number of fused-ring (bicyclic) bond motifs is 1. The summed E-state index contributed by atoms with van der Waals surface area (Å²) >= 11 is 5.94. The van der Waals surface area contributed by atoms with E-state index < -0.39 is 0 Å². The third-order valence-electron chi connectivity index (χ3n) is 2.99. The summed E-state index contributed by atoms with van der Waals surface area (Å²) in [5.41, 5.74) is 3.75. The first-order valence-electron chi connectivity index (χ1n) is 5.82. The standard InChI is InChI=1S/C15H9BClNO/c16-10-4-5-12-13(15(19)18-14(12)8-10)7-9-2-1-3-11(17)6-9/h1-8H,(H,18,19). The predicted molar refractivity (Wildman–Crippen MR) is 79.8 cm³/mol. The van der Waals surface area contributed by atoms with Gasteiger partial charge in [-0.2, -0.15) is 0 Å². The van der Waals surface area contributed by atoms with Gasteiger partial charge in [-0.05, 0) is 29.8 Å². The lowest BCUT2D eigenvalue weighted by Gasteiger charge is -2.00. The van der Waals surface area contributed by atoms with Gasteiger partial charge in [-0.15, -0.1) is 0 Å². The summed E-state index contributed by atoms with van der Waals surface area (Å²) in [4.78, 5) is 12.0. The molecule has 0 unspecified atom stereocenters. The van der Waals surface area contributed by atoms with Crippen LogP contribution in [0, 0.1) is 0 Å². The number of rotatable bonds is 1. The minimum Gasteiger partial charge on any atom is -0.321 e. The molecule has 0 fully saturated rings. The lowest BCUT2D eigenvalue weighted by molar-refractivity contribution is -0.110. The number of carbonyl (C=O) groups is 1. The van der Waals surface area contributed by atoms with E-state index >= 15 is 0 Å². The second-order valence-electron chi connectivity index (χ2n) is 4.37. The maximum Gasteiger partial charge on any atom is 0.256 e. The van der Waals surface area contributed by atoms with E-state index in [4.69, 9.17) is 19.4 Å². The van der Waals surface area contributed by atoms with Gasteiger partial charge in [0.2, 0.25) is 0 Å². The molecule has 0 atom stereocenters. The fourth-order valence-corrected chi connectivity index (χ4v) is 2.32. The first-order chi connectivity index (χ1) is 9.13. The summed E-state index contributed by atoms with van der Waals surface area (Å²) < 4.78 is 0. The van der Waals surface area contributed by atoms with Crippen molar-refractivity contribution in [2.24, 2.45) is 0 Å². The average Bonchev–Trinajstić information content (AvgIpc) is 2.65. The Labute approximate surface area is 117 Å². The molecule has 19 heavy (non-hydrogen) atoms. The monoisotopic (exact) mass is 265 g/mol. The van der Waals surface area contributed by atoms with Gasteiger partial charge in [-0.1, -0.05) is 41.3 Å². The quantitative estimate of drug-likeness (QED) is 0.623. The van der Waals surface area contributed by atoms with Gasteiger partial charge in [0.05, 0.1) is 0 Å². The molecule has 1 aliphatic rings. The molecular formula is C15H9BClNO. The number of halogens is 1. The summed E-state index contributed by atoms with van der Waals surface area (Å²) in [6.07, 6.45) is 1.82. The van der Waals surface area contributed by atoms with Crippen molar-refractivity contribution in [2.45, 2.75) is 0 Å². The summed E-state index contributed by atoms with van der Waals surface area (Å²) in [5.74, 6) is -0.124. The van der Waals surface area contributed by atoms with Gasteiger partial charge in [0.1, 0.15) is 7.85 Å². The lowest BCUT2D eigenvalue weighted by atomic mass is 9.93. The van der Waals surface area contributed by atoms with Crippen LogP contribution in [0.5, 0.6) is 0 Å².